The van der Waals surface area contributed by atoms with Gasteiger partial charge in [-0.05, 0) is 31.4 Å². The number of rotatable bonds is 4. The molecule has 0 spiro atoms. The highest BCUT2D eigenvalue weighted by molar-refractivity contribution is 6.17. The zero-order valence-corrected chi connectivity index (χ0v) is 8.44. The van der Waals surface area contributed by atoms with Crippen LogP contribution in [0.25, 0.3) is 0 Å². The molecule has 0 atom stereocenters. The van der Waals surface area contributed by atoms with Crippen molar-refractivity contribution in [3.8, 4) is 0 Å². The number of unbranched alkanes of at least 4 members (excludes halogenated alkanes) is 1. The van der Waals surface area contributed by atoms with Crippen molar-refractivity contribution in [2.75, 3.05) is 5.88 Å². The summed E-state index contributed by atoms with van der Waals surface area (Å²) < 4.78 is 0. The molecule has 68 valence electrons. The van der Waals surface area contributed by atoms with E-state index in [1.807, 2.05) is 24.4 Å². The highest BCUT2D eigenvalue weighted by Crippen LogP contribution is 2.01. The van der Waals surface area contributed by atoms with E-state index in [1.165, 1.54) is 0 Å². The van der Waals surface area contributed by atoms with Gasteiger partial charge in [-0.3, -0.25) is 4.98 Å². The van der Waals surface area contributed by atoms with Gasteiger partial charge in [-0.2, -0.15) is 0 Å². The van der Waals surface area contributed by atoms with Crippen molar-refractivity contribution in [2.24, 2.45) is 0 Å². The average molecular weight is 206 g/mol. The van der Waals surface area contributed by atoms with Gasteiger partial charge in [0.15, 0.2) is 0 Å². The molecule has 0 radical (unpaired) electrons. The standard InChI is InChI=1S/C9H12ClN.ClH/c10-7-3-1-5-9-6-2-4-8-11-9;/h2,4,6,8H,1,3,5,7H2;1H. The van der Waals surface area contributed by atoms with Crippen LogP contribution in [0.3, 0.4) is 0 Å². The molecule has 0 bridgehead atoms. The molecular formula is C9H13Cl2N. The number of aryl methyl sites for hydroxylation is 1. The van der Waals surface area contributed by atoms with E-state index in [0.29, 0.717) is 0 Å². The molecule has 0 saturated carbocycles. The summed E-state index contributed by atoms with van der Waals surface area (Å²) in [4.78, 5) is 4.21. The summed E-state index contributed by atoms with van der Waals surface area (Å²) in [6.07, 6.45) is 5.10. The quantitative estimate of drug-likeness (QED) is 0.545. The van der Waals surface area contributed by atoms with Gasteiger partial charge in [0.05, 0.1) is 0 Å². The molecule has 0 aliphatic rings. The van der Waals surface area contributed by atoms with E-state index in [0.717, 1.165) is 30.8 Å². The number of halogens is 2. The van der Waals surface area contributed by atoms with Crippen LogP contribution in [0.4, 0.5) is 0 Å². The van der Waals surface area contributed by atoms with Gasteiger partial charge in [-0.25, -0.2) is 0 Å². The first-order valence-corrected chi connectivity index (χ1v) is 4.43. The summed E-state index contributed by atoms with van der Waals surface area (Å²) >= 11 is 5.55. The Morgan fingerprint density at radius 3 is 2.67 bits per heavy atom. The Bertz CT molecular complexity index is 189. The predicted octanol–water partition coefficient (Wildman–Crippen LogP) is 3.06. The summed E-state index contributed by atoms with van der Waals surface area (Å²) in [5.41, 5.74) is 1.16. The molecule has 12 heavy (non-hydrogen) atoms. The second kappa shape index (κ2) is 7.38. The number of pyridine rings is 1. The Kier molecular flexibility index (Phi) is 7.22. The Labute approximate surface area is 84.6 Å². The van der Waals surface area contributed by atoms with E-state index in [4.69, 9.17) is 11.6 Å². The fourth-order valence-electron chi connectivity index (χ4n) is 0.947. The number of alkyl halides is 1. The molecule has 0 amide bonds. The van der Waals surface area contributed by atoms with Gasteiger partial charge < -0.3 is 0 Å². The van der Waals surface area contributed by atoms with E-state index in [-0.39, 0.29) is 12.4 Å². The molecule has 0 fully saturated rings. The van der Waals surface area contributed by atoms with Crippen LogP contribution in [0.2, 0.25) is 0 Å². The summed E-state index contributed by atoms with van der Waals surface area (Å²) in [5, 5.41) is 0. The van der Waals surface area contributed by atoms with E-state index in [9.17, 15) is 0 Å². The lowest BCUT2D eigenvalue weighted by atomic mass is 10.2. The lowest BCUT2D eigenvalue weighted by molar-refractivity contribution is 0.781. The summed E-state index contributed by atoms with van der Waals surface area (Å²) in [6.45, 7) is 0. The SMILES string of the molecule is Cl.ClCCCCc1ccccn1. The third-order valence-electron chi connectivity index (χ3n) is 1.54. The largest absolute Gasteiger partial charge is 0.261 e. The van der Waals surface area contributed by atoms with Crippen molar-refractivity contribution in [1.82, 2.24) is 4.98 Å². The van der Waals surface area contributed by atoms with Gasteiger partial charge in [-0.15, -0.1) is 24.0 Å². The maximum Gasteiger partial charge on any atom is 0.0403 e. The van der Waals surface area contributed by atoms with Crippen LogP contribution in [0.1, 0.15) is 18.5 Å². The zero-order chi connectivity index (χ0) is 7.94. The molecule has 1 rings (SSSR count). The number of hydrogen-bond donors (Lipinski definition) is 0. The second-order valence-electron chi connectivity index (χ2n) is 2.47. The van der Waals surface area contributed by atoms with Crippen LogP contribution in [0.5, 0.6) is 0 Å². The summed E-state index contributed by atoms with van der Waals surface area (Å²) in [6, 6.07) is 6.00. The molecule has 0 N–H and O–H groups in total. The van der Waals surface area contributed by atoms with Crippen LogP contribution in [0.15, 0.2) is 24.4 Å². The van der Waals surface area contributed by atoms with Crippen molar-refractivity contribution in [2.45, 2.75) is 19.3 Å². The molecule has 0 aliphatic carbocycles. The summed E-state index contributed by atoms with van der Waals surface area (Å²) in [5.74, 6) is 0.757. The minimum Gasteiger partial charge on any atom is -0.261 e. The lowest BCUT2D eigenvalue weighted by Crippen LogP contribution is -1.88. The monoisotopic (exact) mass is 205 g/mol. The Hall–Kier alpha value is -0.270. The molecule has 1 aromatic rings. The Morgan fingerprint density at radius 2 is 2.08 bits per heavy atom. The minimum atomic E-state index is 0. The van der Waals surface area contributed by atoms with Crippen LogP contribution in [0, 0.1) is 0 Å². The molecule has 1 aromatic heterocycles. The predicted molar refractivity (Wildman–Crippen MR) is 55.1 cm³/mol. The minimum absolute atomic E-state index is 0. The third kappa shape index (κ3) is 4.58. The fourth-order valence-corrected chi connectivity index (χ4v) is 1.14. The Morgan fingerprint density at radius 1 is 1.25 bits per heavy atom. The van der Waals surface area contributed by atoms with Crippen molar-refractivity contribution in [1.29, 1.82) is 0 Å². The highest BCUT2D eigenvalue weighted by Gasteiger charge is 1.91. The zero-order valence-electron chi connectivity index (χ0n) is 6.87. The smallest absolute Gasteiger partial charge is 0.0403 e. The number of aromatic nitrogens is 1. The van der Waals surface area contributed by atoms with Gasteiger partial charge in [0.25, 0.3) is 0 Å². The normalized spacial score (nSPS) is 9.08. The number of nitrogens with zero attached hydrogens (tertiary/aromatic N) is 1. The molecular weight excluding hydrogens is 193 g/mol. The fraction of sp³-hybridized carbons (Fsp3) is 0.444. The molecule has 1 nitrogen and oxygen atoms in total. The van der Waals surface area contributed by atoms with Gasteiger partial charge in [0, 0.05) is 17.8 Å². The maximum atomic E-state index is 5.55. The average Bonchev–Trinajstić information content (AvgIpc) is 2.07. The van der Waals surface area contributed by atoms with E-state index in [1.54, 1.807) is 0 Å². The lowest BCUT2D eigenvalue weighted by Gasteiger charge is -1.96. The molecule has 3 heteroatoms. The van der Waals surface area contributed by atoms with Crippen LogP contribution in [-0.2, 0) is 6.42 Å². The summed E-state index contributed by atoms with van der Waals surface area (Å²) in [7, 11) is 0. The van der Waals surface area contributed by atoms with E-state index in [2.05, 4.69) is 4.98 Å². The second-order valence-corrected chi connectivity index (χ2v) is 2.85. The number of hydrogen-bond acceptors (Lipinski definition) is 1. The molecule has 0 aromatic carbocycles. The van der Waals surface area contributed by atoms with Crippen LogP contribution >= 0.6 is 24.0 Å². The van der Waals surface area contributed by atoms with Crippen molar-refractivity contribution in [3.63, 3.8) is 0 Å². The first-order chi connectivity index (χ1) is 5.43. The molecule has 0 aliphatic heterocycles. The molecule has 0 unspecified atom stereocenters. The van der Waals surface area contributed by atoms with Crippen molar-refractivity contribution in [3.05, 3.63) is 30.1 Å². The third-order valence-corrected chi connectivity index (χ3v) is 1.81. The van der Waals surface area contributed by atoms with Crippen molar-refractivity contribution < 1.29 is 0 Å². The Balaban J connectivity index is 0.00000121. The van der Waals surface area contributed by atoms with Crippen LogP contribution in [-0.4, -0.2) is 10.9 Å². The maximum absolute atomic E-state index is 5.55. The van der Waals surface area contributed by atoms with Gasteiger partial charge >= 0.3 is 0 Å². The van der Waals surface area contributed by atoms with Gasteiger partial charge in [0.2, 0.25) is 0 Å². The van der Waals surface area contributed by atoms with Crippen LogP contribution < -0.4 is 0 Å². The first-order valence-electron chi connectivity index (χ1n) is 3.89. The molecule has 0 saturated heterocycles. The topological polar surface area (TPSA) is 12.9 Å². The highest BCUT2D eigenvalue weighted by atomic mass is 35.5. The van der Waals surface area contributed by atoms with Gasteiger partial charge in [0.1, 0.15) is 0 Å². The van der Waals surface area contributed by atoms with E-state index < -0.39 is 0 Å². The first kappa shape index (κ1) is 11.7. The molecule has 1 heterocycles. The van der Waals surface area contributed by atoms with E-state index >= 15 is 0 Å². The van der Waals surface area contributed by atoms with Gasteiger partial charge in [-0.1, -0.05) is 6.07 Å². The van der Waals surface area contributed by atoms with Crippen molar-refractivity contribution >= 4 is 24.0 Å².